The molecular weight excluding hydrogens is 416 g/mol. The smallest absolute Gasteiger partial charge is 0.321 e. The van der Waals surface area contributed by atoms with Crippen LogP contribution in [0.5, 0.6) is 0 Å². The number of unbranched alkanes of at least 4 members (excludes halogenated alkanes) is 15. The summed E-state index contributed by atoms with van der Waals surface area (Å²) >= 11 is 0. The fraction of sp³-hybridized carbons (Fsp3) is 0.917. The highest BCUT2D eigenvalue weighted by molar-refractivity contribution is 7.87. The molecule has 0 saturated carbocycles. The first-order valence-corrected chi connectivity index (χ1v) is 14.0. The molecule has 0 rings (SSSR count). The Labute approximate surface area is 191 Å². The highest BCUT2D eigenvalue weighted by atomic mass is 32.2. The summed E-state index contributed by atoms with van der Waals surface area (Å²) in [6.07, 6.45) is 20.4. The minimum atomic E-state index is -3.66. The predicted molar refractivity (Wildman–Crippen MR) is 128 cm³/mol. The van der Waals surface area contributed by atoms with E-state index in [-0.39, 0.29) is 18.6 Å². The molecule has 6 nitrogen and oxygen atoms in total. The molecular formula is C24H48O6S. The summed E-state index contributed by atoms with van der Waals surface area (Å²) in [6, 6.07) is 0. The highest BCUT2D eigenvalue weighted by Gasteiger charge is 2.14. The van der Waals surface area contributed by atoms with Gasteiger partial charge < -0.3 is 9.29 Å². The van der Waals surface area contributed by atoms with E-state index in [0.29, 0.717) is 6.42 Å². The van der Waals surface area contributed by atoms with Crippen molar-refractivity contribution in [3.05, 3.63) is 0 Å². The third kappa shape index (κ3) is 28.9. The van der Waals surface area contributed by atoms with Crippen LogP contribution in [0.25, 0.3) is 0 Å². The van der Waals surface area contributed by atoms with E-state index in [1.165, 1.54) is 83.5 Å². The lowest BCUT2D eigenvalue weighted by Gasteiger charge is -2.05. The number of carbonyl (C=O) groups is 2. The van der Waals surface area contributed by atoms with Gasteiger partial charge in [-0.15, -0.1) is 0 Å². The Morgan fingerprint density at radius 2 is 0.935 bits per heavy atom. The highest BCUT2D eigenvalue weighted by Crippen LogP contribution is 2.14. The summed E-state index contributed by atoms with van der Waals surface area (Å²) in [7, 11) is -3.66. The molecule has 0 aliphatic heterocycles. The fourth-order valence-electron chi connectivity index (χ4n) is 3.07. The van der Waals surface area contributed by atoms with Gasteiger partial charge >= 0.3 is 22.1 Å². The minimum absolute atomic E-state index is 0.0445. The van der Waals surface area contributed by atoms with Crippen LogP contribution >= 0.6 is 0 Å². The van der Waals surface area contributed by atoms with Crippen molar-refractivity contribution in [2.24, 2.45) is 0 Å². The van der Waals surface area contributed by atoms with Crippen molar-refractivity contribution in [2.45, 2.75) is 136 Å². The van der Waals surface area contributed by atoms with Crippen molar-refractivity contribution in [3.63, 3.8) is 0 Å². The maximum atomic E-state index is 11.5. The Hall–Kier alpha value is -1.11. The van der Waals surface area contributed by atoms with Crippen LogP contribution in [0.15, 0.2) is 0 Å². The second-order valence-electron chi connectivity index (χ2n) is 8.12. The molecule has 0 bridgehead atoms. The molecule has 0 fully saturated rings. The lowest BCUT2D eigenvalue weighted by molar-refractivity contribution is -0.136. The van der Waals surface area contributed by atoms with E-state index in [4.69, 9.17) is 5.11 Å². The molecule has 0 aliphatic carbocycles. The summed E-state index contributed by atoms with van der Waals surface area (Å²) in [4.78, 5) is 20.4. The zero-order valence-electron chi connectivity index (χ0n) is 20.3. The van der Waals surface area contributed by atoms with Crippen LogP contribution in [-0.2, 0) is 23.9 Å². The second kappa shape index (κ2) is 23.6. The van der Waals surface area contributed by atoms with Crippen LogP contribution in [0.2, 0.25) is 0 Å². The quantitative estimate of drug-likeness (QED) is 0.154. The van der Waals surface area contributed by atoms with Gasteiger partial charge in [-0.3, -0.25) is 9.59 Å². The van der Waals surface area contributed by atoms with Crippen molar-refractivity contribution in [2.75, 3.05) is 5.75 Å². The van der Waals surface area contributed by atoms with Crippen LogP contribution in [0, 0.1) is 0 Å². The third-order valence-electron chi connectivity index (χ3n) is 5.06. The lowest BCUT2D eigenvalue weighted by atomic mass is 10.0. The van der Waals surface area contributed by atoms with Gasteiger partial charge in [0.2, 0.25) is 0 Å². The Balaban J connectivity index is 0. The lowest BCUT2D eigenvalue weighted by Crippen LogP contribution is -2.15. The van der Waals surface area contributed by atoms with Crippen molar-refractivity contribution >= 4 is 22.1 Å². The molecule has 186 valence electrons. The van der Waals surface area contributed by atoms with E-state index >= 15 is 0 Å². The van der Waals surface area contributed by atoms with Gasteiger partial charge in [0.15, 0.2) is 0 Å². The molecule has 7 heteroatoms. The fourth-order valence-corrected chi connectivity index (χ4v) is 4.11. The summed E-state index contributed by atoms with van der Waals surface area (Å²) in [5.74, 6) is -1.46. The molecule has 0 aromatic carbocycles. The van der Waals surface area contributed by atoms with E-state index in [9.17, 15) is 18.0 Å². The van der Waals surface area contributed by atoms with Crippen molar-refractivity contribution in [1.29, 1.82) is 0 Å². The monoisotopic (exact) mass is 464 g/mol. The van der Waals surface area contributed by atoms with E-state index in [0.717, 1.165) is 12.8 Å². The van der Waals surface area contributed by atoms with Gasteiger partial charge in [0.1, 0.15) is 0 Å². The first-order valence-electron chi connectivity index (χ1n) is 12.5. The molecule has 0 aliphatic rings. The van der Waals surface area contributed by atoms with Crippen LogP contribution < -0.4 is 0 Å². The largest absolute Gasteiger partial charge is 0.481 e. The van der Waals surface area contributed by atoms with Gasteiger partial charge in [0, 0.05) is 12.8 Å². The summed E-state index contributed by atoms with van der Waals surface area (Å²) in [5.41, 5.74) is 0. The third-order valence-corrected chi connectivity index (χ3v) is 6.29. The Morgan fingerprint density at radius 1 is 0.613 bits per heavy atom. The maximum Gasteiger partial charge on any atom is 0.321 e. The van der Waals surface area contributed by atoms with E-state index < -0.39 is 22.1 Å². The van der Waals surface area contributed by atoms with E-state index in [2.05, 4.69) is 11.1 Å². The number of hydrogen-bond acceptors (Lipinski definition) is 5. The van der Waals surface area contributed by atoms with Crippen LogP contribution in [0.3, 0.4) is 0 Å². The number of carboxylic acid groups (broad SMARTS) is 1. The minimum Gasteiger partial charge on any atom is -0.481 e. The average molecular weight is 465 g/mol. The van der Waals surface area contributed by atoms with Crippen LogP contribution in [-0.4, -0.2) is 31.2 Å². The number of carboxylic acids is 1. The number of rotatable bonds is 20. The predicted octanol–water partition coefficient (Wildman–Crippen LogP) is 7.01. The standard InChI is InChI=1S/C21H42O4S.C3H6O2/c1-3-5-6-7-8-9-10-11-12-13-14-15-16-17-18-19-20-26(23,24)25-21(22)4-2;1-2-3(4)5/h3-20H2,1-2H3;2H2,1H3,(H,4,5). The second-order valence-corrected chi connectivity index (χ2v) is 9.81. The molecule has 0 atom stereocenters. The molecule has 31 heavy (non-hydrogen) atoms. The first kappa shape index (κ1) is 32.1. The zero-order chi connectivity index (χ0) is 23.8. The molecule has 1 N–H and O–H groups in total. The van der Waals surface area contributed by atoms with Gasteiger partial charge in [-0.05, 0) is 6.42 Å². The van der Waals surface area contributed by atoms with Gasteiger partial charge in [-0.1, -0.05) is 117 Å². The molecule has 0 heterocycles. The summed E-state index contributed by atoms with van der Waals surface area (Å²) < 4.78 is 27.5. The van der Waals surface area contributed by atoms with Crippen molar-refractivity contribution in [3.8, 4) is 0 Å². The molecule has 0 unspecified atom stereocenters. The molecule has 0 saturated heterocycles. The number of carbonyl (C=O) groups excluding carboxylic acids is 1. The topological polar surface area (TPSA) is 97.7 Å². The SMILES string of the molecule is CCC(=O)O.CCCCCCCCCCCCCCCCCCS(=O)(=O)OC(=O)CC. The molecule has 0 amide bonds. The van der Waals surface area contributed by atoms with Gasteiger partial charge in [0.05, 0.1) is 5.75 Å². The molecule has 0 aromatic rings. The summed E-state index contributed by atoms with van der Waals surface area (Å²) in [5, 5.41) is 7.72. The van der Waals surface area contributed by atoms with E-state index in [1.807, 2.05) is 0 Å². The van der Waals surface area contributed by atoms with Crippen LogP contribution in [0.1, 0.15) is 136 Å². The molecule has 0 spiro atoms. The normalized spacial score (nSPS) is 10.9. The van der Waals surface area contributed by atoms with Crippen LogP contribution in [0.4, 0.5) is 0 Å². The number of hydrogen-bond donors (Lipinski definition) is 1. The van der Waals surface area contributed by atoms with Gasteiger partial charge in [0.25, 0.3) is 0 Å². The summed E-state index contributed by atoms with van der Waals surface area (Å²) in [6.45, 7) is 5.45. The van der Waals surface area contributed by atoms with E-state index in [1.54, 1.807) is 13.8 Å². The van der Waals surface area contributed by atoms with Gasteiger partial charge in [-0.25, -0.2) is 0 Å². The van der Waals surface area contributed by atoms with Crippen molar-refractivity contribution < 1.29 is 27.3 Å². The zero-order valence-corrected chi connectivity index (χ0v) is 21.1. The van der Waals surface area contributed by atoms with Gasteiger partial charge in [-0.2, -0.15) is 8.42 Å². The molecule has 0 radical (unpaired) electrons. The maximum absolute atomic E-state index is 11.5. The first-order chi connectivity index (χ1) is 14.8. The Bertz CT molecular complexity index is 516. The number of aliphatic carboxylic acids is 1. The molecule has 0 aromatic heterocycles. The Kier molecular flexibility index (Phi) is 24.4. The average Bonchev–Trinajstić information content (AvgIpc) is 2.73. The van der Waals surface area contributed by atoms with Crippen molar-refractivity contribution in [1.82, 2.24) is 0 Å². The Morgan fingerprint density at radius 3 is 1.23 bits per heavy atom.